The number of anilines is 2. The molecule has 0 aliphatic carbocycles. The fourth-order valence-corrected chi connectivity index (χ4v) is 2.75. The van der Waals surface area contributed by atoms with E-state index in [4.69, 9.17) is 27.9 Å². The summed E-state index contributed by atoms with van der Waals surface area (Å²) in [4.78, 5) is 24.2. The summed E-state index contributed by atoms with van der Waals surface area (Å²) < 4.78 is 5.73. The summed E-state index contributed by atoms with van der Waals surface area (Å²) in [5.41, 5.74) is 1.00. The van der Waals surface area contributed by atoms with Crippen molar-refractivity contribution >= 4 is 46.4 Å². The van der Waals surface area contributed by atoms with Crippen LogP contribution in [0.2, 0.25) is 10.0 Å². The van der Waals surface area contributed by atoms with Gasteiger partial charge >= 0.3 is 0 Å². The highest BCUT2D eigenvalue weighted by Crippen LogP contribution is 2.26. The Morgan fingerprint density at radius 3 is 2.38 bits per heavy atom. The van der Waals surface area contributed by atoms with Crippen LogP contribution in [-0.2, 0) is 9.59 Å². The molecule has 1 unspecified atom stereocenters. The van der Waals surface area contributed by atoms with Crippen molar-refractivity contribution in [1.82, 2.24) is 0 Å². The van der Waals surface area contributed by atoms with Gasteiger partial charge in [-0.25, -0.2) is 0 Å². The van der Waals surface area contributed by atoms with Crippen molar-refractivity contribution in [3.8, 4) is 5.75 Å². The van der Waals surface area contributed by atoms with E-state index in [9.17, 15) is 9.59 Å². The lowest BCUT2D eigenvalue weighted by molar-refractivity contribution is -0.122. The Kier molecular flexibility index (Phi) is 7.30. The molecule has 0 fully saturated rings. The van der Waals surface area contributed by atoms with E-state index in [1.165, 1.54) is 0 Å². The van der Waals surface area contributed by atoms with E-state index in [1.54, 1.807) is 49.4 Å². The first kappa shape index (κ1) is 20.1. The Morgan fingerprint density at radius 2 is 1.73 bits per heavy atom. The zero-order valence-electron chi connectivity index (χ0n) is 14.5. The highest BCUT2D eigenvalue weighted by molar-refractivity contribution is 6.35. The molecule has 138 valence electrons. The Hall–Kier alpha value is -2.24. The number of para-hydroxylation sites is 2. The molecule has 0 heterocycles. The molecule has 0 spiro atoms. The summed E-state index contributed by atoms with van der Waals surface area (Å²) in [6.07, 6.45) is 0.368. The molecule has 0 aromatic heterocycles. The van der Waals surface area contributed by atoms with Crippen LogP contribution in [0.4, 0.5) is 11.4 Å². The number of carbonyl (C=O) groups excluding carboxylic acids is 2. The van der Waals surface area contributed by atoms with Gasteiger partial charge in [0.25, 0.3) is 5.91 Å². The zero-order chi connectivity index (χ0) is 19.1. The fourth-order valence-electron chi connectivity index (χ4n) is 2.23. The molecule has 2 aromatic rings. The third kappa shape index (κ3) is 5.93. The number of hydrogen-bond donors (Lipinski definition) is 2. The van der Waals surface area contributed by atoms with Crippen molar-refractivity contribution in [2.75, 3.05) is 10.6 Å². The molecule has 2 rings (SSSR count). The first-order valence-corrected chi connectivity index (χ1v) is 8.97. The lowest BCUT2D eigenvalue weighted by Crippen LogP contribution is -2.30. The summed E-state index contributed by atoms with van der Waals surface area (Å²) in [7, 11) is 0. The van der Waals surface area contributed by atoms with Gasteiger partial charge in [-0.2, -0.15) is 0 Å². The molecule has 0 bridgehead atoms. The molecule has 5 nitrogen and oxygen atoms in total. The Bertz CT molecular complexity index is 776. The Labute approximate surface area is 162 Å². The molecule has 2 amide bonds. The maximum atomic E-state index is 12.4. The minimum absolute atomic E-state index is 0.103. The summed E-state index contributed by atoms with van der Waals surface area (Å²) in [6, 6.07) is 11.7. The van der Waals surface area contributed by atoms with E-state index in [1.807, 2.05) is 6.92 Å². The van der Waals surface area contributed by atoms with Crippen molar-refractivity contribution in [1.29, 1.82) is 0 Å². The summed E-state index contributed by atoms with van der Waals surface area (Å²) >= 11 is 11.9. The predicted molar refractivity (Wildman–Crippen MR) is 105 cm³/mol. The van der Waals surface area contributed by atoms with Gasteiger partial charge in [-0.15, -0.1) is 0 Å². The van der Waals surface area contributed by atoms with Gasteiger partial charge in [0.2, 0.25) is 5.91 Å². The molecule has 0 aliphatic heterocycles. The maximum Gasteiger partial charge on any atom is 0.265 e. The molecule has 1 atom stereocenters. The highest BCUT2D eigenvalue weighted by Gasteiger charge is 2.17. The number of nitrogens with one attached hydrogen (secondary N) is 2. The molecule has 0 radical (unpaired) electrons. The predicted octanol–water partition coefficient (Wildman–Crippen LogP) is 5.14. The van der Waals surface area contributed by atoms with E-state index in [2.05, 4.69) is 10.6 Å². The van der Waals surface area contributed by atoms with Crippen LogP contribution in [0, 0.1) is 0 Å². The van der Waals surface area contributed by atoms with Crippen LogP contribution in [0.15, 0.2) is 42.5 Å². The first-order valence-electron chi connectivity index (χ1n) is 8.21. The first-order chi connectivity index (χ1) is 12.4. The zero-order valence-corrected chi connectivity index (χ0v) is 16.0. The van der Waals surface area contributed by atoms with Crippen LogP contribution in [0.5, 0.6) is 5.75 Å². The monoisotopic (exact) mass is 394 g/mol. The Balaban J connectivity index is 2.05. The third-order valence-electron chi connectivity index (χ3n) is 3.44. The SMILES string of the molecule is CCCC(=O)Nc1ccccc1OC(C)C(=O)Nc1cc(Cl)cc(Cl)c1. The molecule has 2 aromatic carbocycles. The third-order valence-corrected chi connectivity index (χ3v) is 3.88. The molecule has 0 saturated heterocycles. The quantitative estimate of drug-likeness (QED) is 0.682. The number of amides is 2. The highest BCUT2D eigenvalue weighted by atomic mass is 35.5. The summed E-state index contributed by atoms with van der Waals surface area (Å²) in [6.45, 7) is 3.54. The molecule has 7 heteroatoms. The van der Waals surface area contributed by atoms with E-state index >= 15 is 0 Å². The van der Waals surface area contributed by atoms with Gasteiger partial charge < -0.3 is 15.4 Å². The largest absolute Gasteiger partial charge is 0.479 e. The summed E-state index contributed by atoms with van der Waals surface area (Å²) in [5, 5.41) is 6.34. The van der Waals surface area contributed by atoms with Gasteiger partial charge in [-0.3, -0.25) is 9.59 Å². The van der Waals surface area contributed by atoms with Gasteiger partial charge in [0, 0.05) is 22.2 Å². The number of benzene rings is 2. The van der Waals surface area contributed by atoms with E-state index in [0.717, 1.165) is 6.42 Å². The van der Waals surface area contributed by atoms with Crippen molar-refractivity contribution < 1.29 is 14.3 Å². The second-order valence-electron chi connectivity index (χ2n) is 5.70. The second kappa shape index (κ2) is 9.46. The van der Waals surface area contributed by atoms with Gasteiger partial charge in [-0.05, 0) is 43.7 Å². The minimum Gasteiger partial charge on any atom is -0.479 e. The molecule has 0 aliphatic rings. The Morgan fingerprint density at radius 1 is 1.08 bits per heavy atom. The van der Waals surface area contributed by atoms with Gasteiger partial charge in [0.1, 0.15) is 5.75 Å². The lowest BCUT2D eigenvalue weighted by atomic mass is 10.2. The number of carbonyl (C=O) groups is 2. The van der Waals surface area contributed by atoms with Crippen molar-refractivity contribution in [2.45, 2.75) is 32.8 Å². The van der Waals surface area contributed by atoms with Crippen LogP contribution in [-0.4, -0.2) is 17.9 Å². The standard InChI is InChI=1S/C19H20Cl2N2O3/c1-3-6-18(24)23-16-7-4-5-8-17(16)26-12(2)19(25)22-15-10-13(20)9-14(21)11-15/h4-5,7-12H,3,6H2,1-2H3,(H,22,25)(H,23,24). The number of hydrogen-bond acceptors (Lipinski definition) is 3. The molecule has 2 N–H and O–H groups in total. The van der Waals surface area contributed by atoms with Crippen LogP contribution < -0.4 is 15.4 Å². The number of halogens is 2. The second-order valence-corrected chi connectivity index (χ2v) is 6.57. The average molecular weight is 395 g/mol. The van der Waals surface area contributed by atoms with Gasteiger partial charge in [-0.1, -0.05) is 42.3 Å². The smallest absolute Gasteiger partial charge is 0.265 e. The van der Waals surface area contributed by atoms with E-state index in [0.29, 0.717) is 33.6 Å². The molecule has 0 saturated carbocycles. The van der Waals surface area contributed by atoms with Crippen LogP contribution in [0.25, 0.3) is 0 Å². The number of ether oxygens (including phenoxy) is 1. The number of rotatable bonds is 7. The van der Waals surface area contributed by atoms with Crippen molar-refractivity contribution in [3.05, 3.63) is 52.5 Å². The van der Waals surface area contributed by atoms with Crippen molar-refractivity contribution in [2.24, 2.45) is 0 Å². The molecular weight excluding hydrogens is 375 g/mol. The van der Waals surface area contributed by atoms with Crippen LogP contribution >= 0.6 is 23.2 Å². The molecular formula is C19H20Cl2N2O3. The lowest BCUT2D eigenvalue weighted by Gasteiger charge is -2.17. The molecule has 26 heavy (non-hydrogen) atoms. The average Bonchev–Trinajstić information content (AvgIpc) is 2.55. The van der Waals surface area contributed by atoms with Crippen LogP contribution in [0.3, 0.4) is 0 Å². The van der Waals surface area contributed by atoms with Gasteiger partial charge in [0.15, 0.2) is 6.10 Å². The van der Waals surface area contributed by atoms with Gasteiger partial charge in [0.05, 0.1) is 5.69 Å². The maximum absolute atomic E-state index is 12.4. The fraction of sp³-hybridized carbons (Fsp3) is 0.263. The van der Waals surface area contributed by atoms with E-state index < -0.39 is 6.10 Å². The van der Waals surface area contributed by atoms with E-state index in [-0.39, 0.29) is 11.8 Å². The summed E-state index contributed by atoms with van der Waals surface area (Å²) in [5.74, 6) is -0.0454. The topological polar surface area (TPSA) is 67.4 Å². The van der Waals surface area contributed by atoms with Crippen LogP contribution in [0.1, 0.15) is 26.7 Å². The normalized spacial score (nSPS) is 11.5. The minimum atomic E-state index is -0.794. The van der Waals surface area contributed by atoms with Crippen molar-refractivity contribution in [3.63, 3.8) is 0 Å².